The van der Waals surface area contributed by atoms with Crippen molar-refractivity contribution in [1.82, 2.24) is 9.97 Å². The highest BCUT2D eigenvalue weighted by molar-refractivity contribution is 5.69. The van der Waals surface area contributed by atoms with Crippen molar-refractivity contribution in [1.29, 1.82) is 0 Å². The van der Waals surface area contributed by atoms with Crippen molar-refractivity contribution in [2.24, 2.45) is 0 Å². The predicted molar refractivity (Wildman–Crippen MR) is 69.5 cm³/mol. The lowest BCUT2D eigenvalue weighted by Crippen LogP contribution is -1.79. The van der Waals surface area contributed by atoms with E-state index in [4.69, 9.17) is 0 Å². The van der Waals surface area contributed by atoms with Gasteiger partial charge in [-0.15, -0.1) is 0 Å². The van der Waals surface area contributed by atoms with E-state index >= 15 is 0 Å². The van der Waals surface area contributed by atoms with Gasteiger partial charge in [0.1, 0.15) is 0 Å². The highest BCUT2D eigenvalue weighted by atomic mass is 14.8. The molecule has 1 aromatic carbocycles. The smallest absolute Gasteiger partial charge is 0.0864 e. The summed E-state index contributed by atoms with van der Waals surface area (Å²) in [6, 6.07) is 18.4. The van der Waals surface area contributed by atoms with Crippen molar-refractivity contribution in [3.8, 4) is 22.5 Å². The predicted octanol–water partition coefficient (Wildman–Crippen LogP) is 3.74. The van der Waals surface area contributed by atoms with Crippen molar-refractivity contribution in [3.63, 3.8) is 0 Å². The maximum absolute atomic E-state index is 4.32. The van der Waals surface area contributed by atoms with Gasteiger partial charge < -0.3 is 4.98 Å². The van der Waals surface area contributed by atoms with Gasteiger partial charge in [-0.3, -0.25) is 4.98 Å². The number of H-pyrrole nitrogens is 1. The molecule has 1 N–H and O–H groups in total. The fourth-order valence-electron chi connectivity index (χ4n) is 1.86. The number of benzene rings is 1. The van der Waals surface area contributed by atoms with Crippen LogP contribution in [0.3, 0.4) is 0 Å². The summed E-state index contributed by atoms with van der Waals surface area (Å²) in [5.41, 5.74) is 4.41. The zero-order valence-corrected chi connectivity index (χ0v) is 9.30. The molecule has 2 aromatic heterocycles. The second-order valence-electron chi connectivity index (χ2n) is 3.88. The normalized spacial score (nSPS) is 10.4. The van der Waals surface area contributed by atoms with Crippen molar-refractivity contribution in [3.05, 3.63) is 67.0 Å². The molecule has 0 fully saturated rings. The Morgan fingerprint density at radius 3 is 2.41 bits per heavy atom. The van der Waals surface area contributed by atoms with Crippen LogP contribution in [0.15, 0.2) is 67.0 Å². The van der Waals surface area contributed by atoms with Crippen LogP contribution in [0.25, 0.3) is 22.5 Å². The molecule has 82 valence electrons. The number of pyridine rings is 1. The first-order valence-electron chi connectivity index (χ1n) is 5.59. The Hall–Kier alpha value is -2.35. The molecule has 3 aromatic rings. The van der Waals surface area contributed by atoms with Crippen LogP contribution in [0.5, 0.6) is 0 Å². The van der Waals surface area contributed by atoms with Gasteiger partial charge in [0.25, 0.3) is 0 Å². The average molecular weight is 220 g/mol. The van der Waals surface area contributed by atoms with E-state index in [-0.39, 0.29) is 0 Å². The number of aromatic amines is 1. The minimum absolute atomic E-state index is 0.967. The maximum Gasteiger partial charge on any atom is 0.0864 e. The summed E-state index contributed by atoms with van der Waals surface area (Å²) in [7, 11) is 0. The number of nitrogens with zero attached hydrogens (tertiary/aromatic N) is 1. The number of hydrogen-bond donors (Lipinski definition) is 1. The minimum atomic E-state index is 0.967. The van der Waals surface area contributed by atoms with Gasteiger partial charge in [-0.1, -0.05) is 36.4 Å². The van der Waals surface area contributed by atoms with E-state index in [0.717, 1.165) is 11.4 Å². The lowest BCUT2D eigenvalue weighted by atomic mass is 10.1. The molecule has 0 atom stereocenters. The quantitative estimate of drug-likeness (QED) is 0.700. The summed E-state index contributed by atoms with van der Waals surface area (Å²) in [5, 5.41) is 0. The van der Waals surface area contributed by atoms with Crippen LogP contribution in [0.1, 0.15) is 0 Å². The molecule has 0 unspecified atom stereocenters. The van der Waals surface area contributed by atoms with Gasteiger partial charge in [-0.2, -0.15) is 0 Å². The van der Waals surface area contributed by atoms with Gasteiger partial charge in [0.2, 0.25) is 0 Å². The molecule has 0 saturated heterocycles. The molecule has 0 aliphatic carbocycles. The van der Waals surface area contributed by atoms with Gasteiger partial charge in [-0.25, -0.2) is 0 Å². The van der Waals surface area contributed by atoms with Crippen LogP contribution in [0.4, 0.5) is 0 Å². The van der Waals surface area contributed by atoms with Gasteiger partial charge in [-0.05, 0) is 29.3 Å². The van der Waals surface area contributed by atoms with Gasteiger partial charge in [0, 0.05) is 12.4 Å². The van der Waals surface area contributed by atoms with E-state index in [1.54, 1.807) is 6.20 Å². The van der Waals surface area contributed by atoms with Gasteiger partial charge in [0.15, 0.2) is 0 Å². The second-order valence-corrected chi connectivity index (χ2v) is 3.88. The zero-order chi connectivity index (χ0) is 11.5. The first-order chi connectivity index (χ1) is 8.43. The SMILES string of the molecule is c1ccc(-c2c[nH]c(-c3ccccn3)c2)cc1. The Kier molecular flexibility index (Phi) is 2.47. The molecule has 0 aliphatic heterocycles. The molecule has 0 aliphatic rings. The number of rotatable bonds is 2. The van der Waals surface area contributed by atoms with Crippen LogP contribution >= 0.6 is 0 Å². The summed E-state index contributed by atoms with van der Waals surface area (Å²) >= 11 is 0. The fourth-order valence-corrected chi connectivity index (χ4v) is 1.86. The van der Waals surface area contributed by atoms with E-state index in [1.807, 2.05) is 42.6 Å². The average Bonchev–Trinajstić information content (AvgIpc) is 2.90. The highest BCUT2D eigenvalue weighted by Crippen LogP contribution is 2.24. The number of hydrogen-bond acceptors (Lipinski definition) is 1. The van der Waals surface area contributed by atoms with Crippen molar-refractivity contribution < 1.29 is 0 Å². The third-order valence-electron chi connectivity index (χ3n) is 2.73. The van der Waals surface area contributed by atoms with E-state index in [2.05, 4.69) is 28.2 Å². The summed E-state index contributed by atoms with van der Waals surface area (Å²) < 4.78 is 0. The maximum atomic E-state index is 4.32. The van der Waals surface area contributed by atoms with E-state index < -0.39 is 0 Å². The molecule has 2 nitrogen and oxygen atoms in total. The molecule has 0 bridgehead atoms. The van der Waals surface area contributed by atoms with Crippen LogP contribution in [-0.2, 0) is 0 Å². The van der Waals surface area contributed by atoms with Gasteiger partial charge >= 0.3 is 0 Å². The highest BCUT2D eigenvalue weighted by Gasteiger charge is 2.03. The molecule has 0 spiro atoms. The Bertz CT molecular complexity index is 543. The molecule has 0 saturated carbocycles. The van der Waals surface area contributed by atoms with Crippen LogP contribution in [-0.4, -0.2) is 9.97 Å². The lowest BCUT2D eigenvalue weighted by Gasteiger charge is -1.95. The Morgan fingerprint density at radius 2 is 1.65 bits per heavy atom. The first-order valence-corrected chi connectivity index (χ1v) is 5.59. The van der Waals surface area contributed by atoms with Crippen LogP contribution < -0.4 is 0 Å². The number of aromatic nitrogens is 2. The van der Waals surface area contributed by atoms with Crippen molar-refractivity contribution in [2.45, 2.75) is 0 Å². The van der Waals surface area contributed by atoms with E-state index in [9.17, 15) is 0 Å². The van der Waals surface area contributed by atoms with Gasteiger partial charge in [0.05, 0.1) is 11.4 Å². The van der Waals surface area contributed by atoms with E-state index in [0.29, 0.717) is 0 Å². The monoisotopic (exact) mass is 220 g/mol. The lowest BCUT2D eigenvalue weighted by molar-refractivity contribution is 1.28. The standard InChI is InChI=1S/C15H12N2/c1-2-6-12(7-3-1)13-10-15(17-11-13)14-8-4-5-9-16-14/h1-11,17H. The summed E-state index contributed by atoms with van der Waals surface area (Å²) in [6.07, 6.45) is 3.82. The minimum Gasteiger partial charge on any atom is -0.359 e. The largest absolute Gasteiger partial charge is 0.359 e. The molecular weight excluding hydrogens is 208 g/mol. The molecule has 2 heterocycles. The molecular formula is C15H12N2. The third kappa shape index (κ3) is 1.97. The van der Waals surface area contributed by atoms with Crippen LogP contribution in [0, 0.1) is 0 Å². The molecule has 3 rings (SSSR count). The molecule has 0 radical (unpaired) electrons. The van der Waals surface area contributed by atoms with Crippen molar-refractivity contribution in [2.75, 3.05) is 0 Å². The molecule has 0 amide bonds. The third-order valence-corrected chi connectivity index (χ3v) is 2.73. The second kappa shape index (κ2) is 4.26. The summed E-state index contributed by atoms with van der Waals surface area (Å²) in [4.78, 5) is 7.58. The Balaban J connectivity index is 1.99. The molecule has 17 heavy (non-hydrogen) atoms. The molecule has 2 heteroatoms. The van der Waals surface area contributed by atoms with Crippen molar-refractivity contribution >= 4 is 0 Å². The van der Waals surface area contributed by atoms with E-state index in [1.165, 1.54) is 11.1 Å². The topological polar surface area (TPSA) is 28.7 Å². The first kappa shape index (κ1) is 9.85. The number of nitrogens with one attached hydrogen (secondary N) is 1. The Morgan fingerprint density at radius 1 is 0.824 bits per heavy atom. The zero-order valence-electron chi connectivity index (χ0n) is 9.30. The van der Waals surface area contributed by atoms with Crippen LogP contribution in [0.2, 0.25) is 0 Å². The Labute approximate surface area is 100.0 Å². The summed E-state index contributed by atoms with van der Waals surface area (Å²) in [5.74, 6) is 0. The summed E-state index contributed by atoms with van der Waals surface area (Å²) in [6.45, 7) is 0. The fraction of sp³-hybridized carbons (Fsp3) is 0.